The number of hydrogen-bond donors (Lipinski definition) is 3. The van der Waals surface area contributed by atoms with Crippen molar-refractivity contribution in [3.8, 4) is 0 Å². The lowest BCUT2D eigenvalue weighted by atomic mass is 10.2. The average molecular weight is 369 g/mol. The molecule has 1 aliphatic rings. The minimum Gasteiger partial charge on any atom is -0.335 e. The van der Waals surface area contributed by atoms with Crippen LogP contribution in [0.2, 0.25) is 0 Å². The summed E-state index contributed by atoms with van der Waals surface area (Å²) < 4.78 is 0. The Hall–Kier alpha value is -2.47. The highest BCUT2D eigenvalue weighted by atomic mass is 32.2. The van der Waals surface area contributed by atoms with E-state index in [-0.39, 0.29) is 11.9 Å². The number of rotatable bonds is 6. The second kappa shape index (κ2) is 8.27. The van der Waals surface area contributed by atoms with Crippen LogP contribution < -0.4 is 16.0 Å². The summed E-state index contributed by atoms with van der Waals surface area (Å²) in [5.41, 5.74) is 2.04. The molecule has 0 radical (unpaired) electrons. The Bertz CT molecular complexity index is 786. The fourth-order valence-electron chi connectivity index (χ4n) is 2.43. The quantitative estimate of drug-likeness (QED) is 0.645. The van der Waals surface area contributed by atoms with Crippen molar-refractivity contribution in [1.82, 2.24) is 5.32 Å². The third kappa shape index (κ3) is 5.26. The number of benzene rings is 2. The Labute approximate surface area is 157 Å². The predicted molar refractivity (Wildman–Crippen MR) is 107 cm³/mol. The Morgan fingerprint density at radius 3 is 2.19 bits per heavy atom. The molecule has 3 N–H and O–H groups in total. The monoisotopic (exact) mass is 369 g/mol. The third-order valence-corrected chi connectivity index (χ3v) is 4.89. The maximum atomic E-state index is 12.6. The van der Waals surface area contributed by atoms with Gasteiger partial charge in [0.25, 0.3) is 5.91 Å². The highest BCUT2D eigenvalue weighted by Crippen LogP contribution is 2.27. The minimum absolute atomic E-state index is 0.138. The lowest BCUT2D eigenvalue weighted by molar-refractivity contribution is 0.102. The highest BCUT2D eigenvalue weighted by Gasteiger charge is 2.23. The molecule has 3 amide bonds. The summed E-state index contributed by atoms with van der Waals surface area (Å²) in [6.07, 6.45) is 2.10. The van der Waals surface area contributed by atoms with E-state index in [1.54, 1.807) is 36.0 Å². The van der Waals surface area contributed by atoms with E-state index in [4.69, 9.17) is 0 Å². The molecule has 6 heteroatoms. The Balaban J connectivity index is 1.61. The van der Waals surface area contributed by atoms with E-state index in [2.05, 4.69) is 29.8 Å². The fraction of sp³-hybridized carbons (Fsp3) is 0.300. The van der Waals surface area contributed by atoms with Crippen molar-refractivity contribution in [1.29, 1.82) is 0 Å². The molecular formula is C20H23N3O2S. The van der Waals surface area contributed by atoms with Gasteiger partial charge in [0.2, 0.25) is 0 Å². The standard InChI is InChI=1S/C20H23N3O2S/c1-13(2)26-18-6-4-3-5-17(18)19(24)21-14-7-9-15(10-8-14)22-20(25)23-16-11-12-16/h3-10,13,16H,11-12H2,1-2H3,(H,21,24)(H2,22,23,25). The highest BCUT2D eigenvalue weighted by molar-refractivity contribution is 8.00. The van der Waals surface area contributed by atoms with Gasteiger partial charge in [0.15, 0.2) is 0 Å². The Morgan fingerprint density at radius 2 is 1.58 bits per heavy atom. The minimum atomic E-state index is -0.191. The summed E-state index contributed by atoms with van der Waals surface area (Å²) in [6.45, 7) is 4.20. The molecule has 0 heterocycles. The van der Waals surface area contributed by atoms with Gasteiger partial charge >= 0.3 is 6.03 Å². The molecule has 3 rings (SSSR count). The van der Waals surface area contributed by atoms with E-state index >= 15 is 0 Å². The number of carbonyl (C=O) groups excluding carboxylic acids is 2. The zero-order valence-corrected chi connectivity index (χ0v) is 15.7. The summed E-state index contributed by atoms with van der Waals surface area (Å²) in [5, 5.41) is 8.97. The van der Waals surface area contributed by atoms with Crippen molar-refractivity contribution < 1.29 is 9.59 Å². The van der Waals surface area contributed by atoms with Gasteiger partial charge in [-0.1, -0.05) is 26.0 Å². The molecule has 0 aliphatic heterocycles. The van der Waals surface area contributed by atoms with E-state index < -0.39 is 0 Å². The van der Waals surface area contributed by atoms with E-state index in [0.717, 1.165) is 17.7 Å². The molecule has 2 aromatic rings. The van der Waals surface area contributed by atoms with Crippen LogP contribution in [-0.4, -0.2) is 23.2 Å². The summed E-state index contributed by atoms with van der Waals surface area (Å²) in [6, 6.07) is 14.8. The number of carbonyl (C=O) groups is 2. The predicted octanol–water partition coefficient (Wildman–Crippen LogP) is 4.72. The first-order valence-corrected chi connectivity index (χ1v) is 9.64. The van der Waals surface area contributed by atoms with E-state index in [9.17, 15) is 9.59 Å². The molecule has 0 bridgehead atoms. The summed E-state index contributed by atoms with van der Waals surface area (Å²) in [4.78, 5) is 25.3. The summed E-state index contributed by atoms with van der Waals surface area (Å²) in [5.74, 6) is -0.138. The van der Waals surface area contributed by atoms with E-state index in [0.29, 0.717) is 28.2 Å². The molecule has 0 saturated heterocycles. The number of urea groups is 1. The van der Waals surface area contributed by atoms with Gasteiger partial charge in [-0.25, -0.2) is 4.79 Å². The fourth-order valence-corrected chi connectivity index (χ4v) is 3.38. The van der Waals surface area contributed by atoms with Crippen LogP contribution in [0.5, 0.6) is 0 Å². The molecule has 1 saturated carbocycles. The molecule has 5 nitrogen and oxygen atoms in total. The molecule has 26 heavy (non-hydrogen) atoms. The van der Waals surface area contributed by atoms with Crippen molar-refractivity contribution >= 4 is 35.1 Å². The SMILES string of the molecule is CC(C)Sc1ccccc1C(=O)Nc1ccc(NC(=O)NC2CC2)cc1. The first-order chi connectivity index (χ1) is 12.5. The maximum Gasteiger partial charge on any atom is 0.319 e. The number of amides is 3. The second-order valence-corrected chi connectivity index (χ2v) is 8.19. The molecule has 0 aromatic heterocycles. The lowest BCUT2D eigenvalue weighted by Gasteiger charge is -2.12. The first kappa shape index (κ1) is 18.3. The zero-order valence-electron chi connectivity index (χ0n) is 14.9. The first-order valence-electron chi connectivity index (χ1n) is 8.76. The van der Waals surface area contributed by atoms with Crippen LogP contribution in [0.25, 0.3) is 0 Å². The zero-order chi connectivity index (χ0) is 18.5. The van der Waals surface area contributed by atoms with Gasteiger partial charge in [0.05, 0.1) is 5.56 Å². The maximum absolute atomic E-state index is 12.6. The number of nitrogens with one attached hydrogen (secondary N) is 3. The smallest absolute Gasteiger partial charge is 0.319 e. The number of anilines is 2. The molecule has 1 fully saturated rings. The van der Waals surface area contributed by atoms with Crippen molar-refractivity contribution in [2.45, 2.75) is 42.9 Å². The summed E-state index contributed by atoms with van der Waals surface area (Å²) in [7, 11) is 0. The van der Waals surface area contributed by atoms with E-state index in [1.165, 1.54) is 0 Å². The van der Waals surface area contributed by atoms with Crippen LogP contribution >= 0.6 is 11.8 Å². The van der Waals surface area contributed by atoms with Gasteiger partial charge in [-0.15, -0.1) is 11.8 Å². The van der Waals surface area contributed by atoms with Crippen LogP contribution in [0.4, 0.5) is 16.2 Å². The number of thioether (sulfide) groups is 1. The normalized spacial score (nSPS) is 13.3. The van der Waals surface area contributed by atoms with Gasteiger partial charge in [-0.05, 0) is 49.2 Å². The van der Waals surface area contributed by atoms with Gasteiger partial charge in [-0.3, -0.25) is 4.79 Å². The molecule has 2 aromatic carbocycles. The van der Waals surface area contributed by atoms with Gasteiger partial charge < -0.3 is 16.0 Å². The van der Waals surface area contributed by atoms with Crippen LogP contribution in [0, 0.1) is 0 Å². The third-order valence-electron chi connectivity index (χ3n) is 3.81. The van der Waals surface area contributed by atoms with Crippen molar-refractivity contribution in [2.24, 2.45) is 0 Å². The average Bonchev–Trinajstić information content (AvgIpc) is 3.40. The van der Waals surface area contributed by atoms with Crippen molar-refractivity contribution in [2.75, 3.05) is 10.6 Å². The van der Waals surface area contributed by atoms with Crippen molar-refractivity contribution in [3.63, 3.8) is 0 Å². The van der Waals surface area contributed by atoms with Crippen LogP contribution in [0.1, 0.15) is 37.0 Å². The van der Waals surface area contributed by atoms with Gasteiger partial charge in [0, 0.05) is 27.6 Å². The topological polar surface area (TPSA) is 70.2 Å². The Kier molecular flexibility index (Phi) is 5.83. The van der Waals surface area contributed by atoms with Crippen molar-refractivity contribution in [3.05, 3.63) is 54.1 Å². The number of hydrogen-bond acceptors (Lipinski definition) is 3. The second-order valence-electron chi connectivity index (χ2n) is 6.57. The molecule has 0 spiro atoms. The lowest BCUT2D eigenvalue weighted by Crippen LogP contribution is -2.30. The molecule has 0 atom stereocenters. The van der Waals surface area contributed by atoms with Crippen LogP contribution in [0.3, 0.4) is 0 Å². The molecule has 1 aliphatic carbocycles. The van der Waals surface area contributed by atoms with Gasteiger partial charge in [0.1, 0.15) is 0 Å². The largest absolute Gasteiger partial charge is 0.335 e. The molecular weight excluding hydrogens is 346 g/mol. The Morgan fingerprint density at radius 1 is 0.962 bits per heavy atom. The van der Waals surface area contributed by atoms with Crippen LogP contribution in [-0.2, 0) is 0 Å². The van der Waals surface area contributed by atoms with Gasteiger partial charge in [-0.2, -0.15) is 0 Å². The molecule has 136 valence electrons. The summed E-state index contributed by atoms with van der Waals surface area (Å²) >= 11 is 1.67. The van der Waals surface area contributed by atoms with Crippen LogP contribution in [0.15, 0.2) is 53.4 Å². The molecule has 0 unspecified atom stereocenters. The van der Waals surface area contributed by atoms with E-state index in [1.807, 2.05) is 24.3 Å².